The summed E-state index contributed by atoms with van der Waals surface area (Å²) in [6, 6.07) is 16.7. The first-order valence-corrected chi connectivity index (χ1v) is 9.64. The third-order valence-electron chi connectivity index (χ3n) is 4.24. The molecule has 0 N–H and O–H groups in total. The molecule has 26 heavy (non-hydrogen) atoms. The highest BCUT2D eigenvalue weighted by Gasteiger charge is 2.49. The number of hydrogen-bond acceptors (Lipinski definition) is 6. The molecule has 0 unspecified atom stereocenters. The van der Waals surface area contributed by atoms with Crippen LogP contribution in [0.15, 0.2) is 59.6 Å². The molecule has 2 atom stereocenters. The highest BCUT2D eigenvalue weighted by molar-refractivity contribution is 7.52. The lowest BCUT2D eigenvalue weighted by molar-refractivity contribution is 0.194. The summed E-state index contributed by atoms with van der Waals surface area (Å²) in [5, 5.41) is 8.95. The van der Waals surface area contributed by atoms with E-state index in [1.165, 1.54) is 4.67 Å². The molecule has 2 aromatic rings. The number of benzene rings is 2. The molecule has 0 aromatic heterocycles. The van der Waals surface area contributed by atoms with Gasteiger partial charge < -0.3 is 9.26 Å². The lowest BCUT2D eigenvalue weighted by Crippen LogP contribution is -2.36. The minimum atomic E-state index is -3.75. The van der Waals surface area contributed by atoms with E-state index in [1.54, 1.807) is 18.3 Å². The molecule has 1 saturated heterocycles. The molecule has 2 aromatic carbocycles. The molecule has 0 aliphatic carbocycles. The summed E-state index contributed by atoms with van der Waals surface area (Å²) in [5.74, 6) is 0.503. The lowest BCUT2D eigenvalue weighted by atomic mass is 10.1. The molecule has 4 rings (SSSR count). The Morgan fingerprint density at radius 3 is 2.77 bits per heavy atom. The predicted molar refractivity (Wildman–Crippen MR) is 94.2 cm³/mol. The molecule has 0 saturated carbocycles. The zero-order valence-corrected chi connectivity index (χ0v) is 14.7. The Morgan fingerprint density at radius 2 is 1.96 bits per heavy atom. The van der Waals surface area contributed by atoms with Crippen molar-refractivity contribution in [3.05, 3.63) is 65.7 Å². The van der Waals surface area contributed by atoms with E-state index < -0.39 is 7.75 Å². The largest absolute Gasteiger partial charge is 0.493 e. The van der Waals surface area contributed by atoms with Crippen LogP contribution in [-0.4, -0.2) is 23.3 Å². The number of amidine groups is 1. The van der Waals surface area contributed by atoms with Gasteiger partial charge in [-0.05, 0) is 18.1 Å². The number of fused-ring (bicyclic) bond motifs is 1. The predicted octanol–water partition coefficient (Wildman–Crippen LogP) is 3.48. The summed E-state index contributed by atoms with van der Waals surface area (Å²) in [6.07, 6.45) is 2.25. The Labute approximate surface area is 151 Å². The fraction of sp³-hybridized carbons (Fsp3) is 0.222. The van der Waals surface area contributed by atoms with E-state index in [-0.39, 0.29) is 25.3 Å². The van der Waals surface area contributed by atoms with Gasteiger partial charge in [0.1, 0.15) is 12.4 Å². The summed E-state index contributed by atoms with van der Waals surface area (Å²) in [5.41, 5.74) is 1.87. The maximum atomic E-state index is 13.5. The van der Waals surface area contributed by atoms with Crippen molar-refractivity contribution >= 4 is 13.8 Å². The first-order chi connectivity index (χ1) is 12.7. The number of para-hydroxylation sites is 1. The van der Waals surface area contributed by atoms with Crippen LogP contribution in [0.2, 0.25) is 0 Å². The summed E-state index contributed by atoms with van der Waals surface area (Å²) in [6.45, 7) is 0.398. The van der Waals surface area contributed by atoms with Crippen molar-refractivity contribution in [3.63, 3.8) is 0 Å². The van der Waals surface area contributed by atoms with Gasteiger partial charge >= 0.3 is 13.8 Å². The molecule has 0 radical (unpaired) electrons. The van der Waals surface area contributed by atoms with E-state index in [2.05, 4.69) is 4.99 Å². The van der Waals surface area contributed by atoms with Crippen molar-refractivity contribution in [2.24, 2.45) is 4.99 Å². The van der Waals surface area contributed by atoms with Crippen LogP contribution in [0, 0.1) is 11.5 Å². The molecular weight excluding hydrogens is 353 g/mol. The summed E-state index contributed by atoms with van der Waals surface area (Å²) in [4.78, 5) is 3.67. The van der Waals surface area contributed by atoms with Gasteiger partial charge in [-0.3, -0.25) is 4.52 Å². The molecule has 1 fully saturated rings. The second-order valence-electron chi connectivity index (χ2n) is 5.93. The Morgan fingerprint density at radius 1 is 1.19 bits per heavy atom. The van der Waals surface area contributed by atoms with Gasteiger partial charge in [-0.1, -0.05) is 48.5 Å². The first kappa shape index (κ1) is 16.6. The fourth-order valence-electron chi connectivity index (χ4n) is 3.05. The van der Waals surface area contributed by atoms with Gasteiger partial charge in [-0.15, -0.1) is 4.99 Å². The van der Waals surface area contributed by atoms with Crippen molar-refractivity contribution in [1.82, 2.24) is 4.67 Å². The molecule has 0 spiro atoms. The molecule has 2 aliphatic heterocycles. The summed E-state index contributed by atoms with van der Waals surface area (Å²) < 4.78 is 31.7. The number of nitrogens with zero attached hydrogens (tertiary/aromatic N) is 3. The standard InChI is InChI=1S/C18H16N3O4P/c19-13-20-18-21(16(12-23-18)10-14-6-2-1-3-7-14)26(22)24-11-15-8-4-5-9-17(15)25-26/h1-9,16H,10-12H2/t16-,26-/m1/s1. The minimum absolute atomic E-state index is 0.0313. The van der Waals surface area contributed by atoms with E-state index in [0.29, 0.717) is 12.2 Å². The first-order valence-electron chi connectivity index (χ1n) is 8.15. The Balaban J connectivity index is 1.67. The molecule has 0 amide bonds. The van der Waals surface area contributed by atoms with E-state index in [1.807, 2.05) is 42.5 Å². The van der Waals surface area contributed by atoms with Crippen molar-refractivity contribution < 1.29 is 18.3 Å². The number of ether oxygens (including phenoxy) is 1. The number of rotatable bonds is 3. The Bertz CT molecular complexity index is 926. The zero-order valence-electron chi connectivity index (χ0n) is 13.8. The Hall–Kier alpha value is -2.81. The topological polar surface area (TPSA) is 84.2 Å². The smallest absolute Gasteiger partial charge is 0.462 e. The van der Waals surface area contributed by atoms with E-state index >= 15 is 0 Å². The second kappa shape index (κ2) is 6.83. The van der Waals surface area contributed by atoms with Crippen LogP contribution in [0.5, 0.6) is 5.75 Å². The van der Waals surface area contributed by atoms with Crippen LogP contribution >= 0.6 is 7.75 Å². The lowest BCUT2D eigenvalue weighted by Gasteiger charge is -2.33. The van der Waals surface area contributed by atoms with Crippen LogP contribution in [0.25, 0.3) is 0 Å². The molecule has 0 bridgehead atoms. The molecule has 132 valence electrons. The number of aliphatic imine (C=N–C) groups is 1. The summed E-state index contributed by atoms with van der Waals surface area (Å²) in [7, 11) is -3.75. The van der Waals surface area contributed by atoms with Gasteiger partial charge in [0, 0.05) is 5.56 Å². The average Bonchev–Trinajstić information content (AvgIpc) is 3.06. The SMILES string of the molecule is N#CN=C1OC[C@@H](Cc2ccccc2)N1[P@@]1(=O)OCc2ccccc2O1. The third-order valence-corrected chi connectivity index (χ3v) is 6.15. The van der Waals surface area contributed by atoms with Crippen LogP contribution < -0.4 is 4.52 Å². The van der Waals surface area contributed by atoms with Gasteiger partial charge in [0.05, 0.1) is 12.6 Å². The highest BCUT2D eigenvalue weighted by Crippen LogP contribution is 2.58. The van der Waals surface area contributed by atoms with Crippen molar-refractivity contribution in [2.75, 3.05) is 6.61 Å². The number of nitriles is 1. The van der Waals surface area contributed by atoms with Gasteiger partial charge in [0.2, 0.25) is 6.19 Å². The molecule has 2 aliphatic rings. The van der Waals surface area contributed by atoms with E-state index in [4.69, 9.17) is 19.0 Å². The minimum Gasteiger partial charge on any atom is -0.462 e. The van der Waals surface area contributed by atoms with Crippen LogP contribution in [0.4, 0.5) is 0 Å². The van der Waals surface area contributed by atoms with Gasteiger partial charge in [-0.2, -0.15) is 5.26 Å². The third kappa shape index (κ3) is 3.05. The highest BCUT2D eigenvalue weighted by atomic mass is 31.2. The normalized spacial score (nSPS) is 25.9. The van der Waals surface area contributed by atoms with Crippen molar-refractivity contribution in [2.45, 2.75) is 19.1 Å². The van der Waals surface area contributed by atoms with Crippen LogP contribution in [0.1, 0.15) is 11.1 Å². The van der Waals surface area contributed by atoms with Gasteiger partial charge in [0.25, 0.3) is 0 Å². The fourth-order valence-corrected chi connectivity index (χ4v) is 4.90. The monoisotopic (exact) mass is 369 g/mol. The van der Waals surface area contributed by atoms with E-state index in [9.17, 15) is 4.57 Å². The van der Waals surface area contributed by atoms with Gasteiger partial charge in [-0.25, -0.2) is 9.24 Å². The maximum absolute atomic E-state index is 13.5. The van der Waals surface area contributed by atoms with Crippen molar-refractivity contribution in [1.29, 1.82) is 5.26 Å². The molecule has 2 heterocycles. The molecule has 8 heteroatoms. The Kier molecular flexibility index (Phi) is 4.37. The van der Waals surface area contributed by atoms with E-state index in [0.717, 1.165) is 11.1 Å². The summed E-state index contributed by atoms with van der Waals surface area (Å²) >= 11 is 0. The zero-order chi connectivity index (χ0) is 18.0. The van der Waals surface area contributed by atoms with Crippen LogP contribution in [0.3, 0.4) is 0 Å². The van der Waals surface area contributed by atoms with Crippen LogP contribution in [-0.2, 0) is 26.9 Å². The van der Waals surface area contributed by atoms with Crippen molar-refractivity contribution in [3.8, 4) is 11.9 Å². The molecule has 7 nitrogen and oxygen atoms in total. The van der Waals surface area contributed by atoms with Gasteiger partial charge in [0.15, 0.2) is 0 Å². The average molecular weight is 369 g/mol. The number of hydrogen-bond donors (Lipinski definition) is 0. The quantitative estimate of drug-likeness (QED) is 0.608. The maximum Gasteiger partial charge on any atom is 0.493 e. The molecular formula is C18H16N3O4P. The second-order valence-corrected chi connectivity index (χ2v) is 7.74.